The Morgan fingerprint density at radius 2 is 1.81 bits per heavy atom. The quantitative estimate of drug-likeness (QED) is 0.775. The average Bonchev–Trinajstić information content (AvgIpc) is 3.16. The van der Waals surface area contributed by atoms with Crippen LogP contribution in [0, 0.1) is 5.92 Å². The second-order valence-electron chi connectivity index (χ2n) is 6.69. The maximum atomic E-state index is 12.6. The smallest absolute Gasteiger partial charge is 0.255 e. The van der Waals surface area contributed by atoms with Crippen molar-refractivity contribution in [3.63, 3.8) is 0 Å². The van der Waals surface area contributed by atoms with Crippen LogP contribution in [-0.4, -0.2) is 43.0 Å². The van der Waals surface area contributed by atoms with Crippen LogP contribution in [0.15, 0.2) is 54.6 Å². The normalized spacial score (nSPS) is 16.3. The third-order valence-electron chi connectivity index (χ3n) is 4.52. The molecule has 1 fully saturated rings. The van der Waals surface area contributed by atoms with Crippen molar-refractivity contribution in [2.24, 2.45) is 11.7 Å². The summed E-state index contributed by atoms with van der Waals surface area (Å²) >= 11 is 0. The first-order valence-electron chi connectivity index (χ1n) is 9.04. The van der Waals surface area contributed by atoms with Gasteiger partial charge in [-0.2, -0.15) is 0 Å². The standard InChI is InChI=1S/C21H24N2O4/c22-20(24)15-27-19-8-6-18(7-9-19)21(25)23-11-10-17(12-23)14-26-13-16-4-2-1-3-5-16/h1-9,17H,10-15H2,(H2,22,24). The summed E-state index contributed by atoms with van der Waals surface area (Å²) in [6.07, 6.45) is 0.945. The Kier molecular flexibility index (Phi) is 6.44. The molecule has 2 amide bonds. The number of benzene rings is 2. The van der Waals surface area contributed by atoms with E-state index in [9.17, 15) is 9.59 Å². The van der Waals surface area contributed by atoms with E-state index < -0.39 is 5.91 Å². The van der Waals surface area contributed by atoms with Crippen molar-refractivity contribution in [1.29, 1.82) is 0 Å². The largest absolute Gasteiger partial charge is 0.484 e. The highest BCUT2D eigenvalue weighted by molar-refractivity contribution is 5.94. The predicted molar refractivity (Wildman–Crippen MR) is 101 cm³/mol. The molecule has 6 heteroatoms. The van der Waals surface area contributed by atoms with Gasteiger partial charge in [0.25, 0.3) is 11.8 Å². The fourth-order valence-corrected chi connectivity index (χ4v) is 3.10. The van der Waals surface area contributed by atoms with Crippen LogP contribution in [-0.2, 0) is 16.1 Å². The molecule has 1 heterocycles. The van der Waals surface area contributed by atoms with E-state index in [1.54, 1.807) is 24.3 Å². The second-order valence-corrected chi connectivity index (χ2v) is 6.69. The van der Waals surface area contributed by atoms with Crippen molar-refractivity contribution in [3.8, 4) is 5.75 Å². The second kappa shape index (κ2) is 9.19. The molecule has 6 nitrogen and oxygen atoms in total. The molecule has 1 aliphatic heterocycles. The van der Waals surface area contributed by atoms with Gasteiger partial charge in [0.05, 0.1) is 13.2 Å². The van der Waals surface area contributed by atoms with Crippen molar-refractivity contribution in [3.05, 3.63) is 65.7 Å². The molecule has 0 saturated carbocycles. The van der Waals surface area contributed by atoms with Gasteiger partial charge in [-0.15, -0.1) is 0 Å². The number of hydrogen-bond acceptors (Lipinski definition) is 4. The van der Waals surface area contributed by atoms with E-state index in [0.29, 0.717) is 37.0 Å². The molecule has 0 aromatic heterocycles. The number of carbonyl (C=O) groups is 2. The minimum Gasteiger partial charge on any atom is -0.484 e. The summed E-state index contributed by atoms with van der Waals surface area (Å²) in [5, 5.41) is 0. The molecule has 1 saturated heterocycles. The molecule has 2 N–H and O–H groups in total. The van der Waals surface area contributed by atoms with E-state index in [1.165, 1.54) is 0 Å². The van der Waals surface area contributed by atoms with Crippen molar-refractivity contribution < 1.29 is 19.1 Å². The summed E-state index contributed by atoms with van der Waals surface area (Å²) in [6, 6.07) is 16.8. The third kappa shape index (κ3) is 5.56. The van der Waals surface area contributed by atoms with Crippen LogP contribution in [0.5, 0.6) is 5.75 Å². The Labute approximate surface area is 158 Å². The molecule has 2 aromatic carbocycles. The summed E-state index contributed by atoms with van der Waals surface area (Å²) in [5.41, 5.74) is 6.81. The molecule has 0 spiro atoms. The summed E-state index contributed by atoms with van der Waals surface area (Å²) in [6.45, 7) is 2.51. The van der Waals surface area contributed by atoms with Gasteiger partial charge in [-0.3, -0.25) is 9.59 Å². The lowest BCUT2D eigenvalue weighted by atomic mass is 10.1. The summed E-state index contributed by atoms with van der Waals surface area (Å²) in [4.78, 5) is 25.2. The van der Waals surface area contributed by atoms with Gasteiger partial charge in [0, 0.05) is 24.6 Å². The van der Waals surface area contributed by atoms with Gasteiger partial charge in [-0.1, -0.05) is 30.3 Å². The third-order valence-corrected chi connectivity index (χ3v) is 4.52. The fraction of sp³-hybridized carbons (Fsp3) is 0.333. The number of hydrogen-bond donors (Lipinski definition) is 1. The predicted octanol–water partition coefficient (Wildman–Crippen LogP) is 2.23. The Bertz CT molecular complexity index is 762. The van der Waals surface area contributed by atoms with E-state index in [-0.39, 0.29) is 12.5 Å². The van der Waals surface area contributed by atoms with Gasteiger partial charge in [0.1, 0.15) is 5.75 Å². The average molecular weight is 368 g/mol. The van der Waals surface area contributed by atoms with Gasteiger partial charge < -0.3 is 20.1 Å². The number of ether oxygens (including phenoxy) is 2. The Morgan fingerprint density at radius 1 is 1.07 bits per heavy atom. The molecule has 3 rings (SSSR count). The van der Waals surface area contributed by atoms with Crippen LogP contribution in [0.25, 0.3) is 0 Å². The van der Waals surface area contributed by atoms with E-state index in [1.807, 2.05) is 35.2 Å². The maximum Gasteiger partial charge on any atom is 0.255 e. The topological polar surface area (TPSA) is 81.9 Å². The van der Waals surface area contributed by atoms with Crippen LogP contribution >= 0.6 is 0 Å². The minimum absolute atomic E-state index is 0.00186. The number of likely N-dealkylation sites (tertiary alicyclic amines) is 1. The zero-order chi connectivity index (χ0) is 19.1. The first kappa shape index (κ1) is 18.9. The van der Waals surface area contributed by atoms with Crippen LogP contribution in [0.3, 0.4) is 0 Å². The van der Waals surface area contributed by atoms with Gasteiger partial charge in [-0.25, -0.2) is 0 Å². The lowest BCUT2D eigenvalue weighted by Crippen LogP contribution is -2.29. The first-order chi connectivity index (χ1) is 13.1. The number of nitrogens with zero attached hydrogens (tertiary/aromatic N) is 1. The van der Waals surface area contributed by atoms with E-state index in [2.05, 4.69) is 0 Å². The van der Waals surface area contributed by atoms with Crippen LogP contribution in [0.2, 0.25) is 0 Å². The number of carbonyl (C=O) groups excluding carboxylic acids is 2. The van der Waals surface area contributed by atoms with Crippen molar-refractivity contribution in [2.45, 2.75) is 13.0 Å². The van der Waals surface area contributed by atoms with Gasteiger partial charge in [0.2, 0.25) is 0 Å². The molecule has 1 unspecified atom stereocenters. The Morgan fingerprint density at radius 3 is 2.52 bits per heavy atom. The van der Waals surface area contributed by atoms with Gasteiger partial charge in [-0.05, 0) is 36.2 Å². The zero-order valence-electron chi connectivity index (χ0n) is 15.2. The molecule has 0 aliphatic carbocycles. The molecule has 142 valence electrons. The highest BCUT2D eigenvalue weighted by Gasteiger charge is 2.27. The molecular formula is C21H24N2O4. The SMILES string of the molecule is NC(=O)COc1ccc(C(=O)N2CCC(COCc3ccccc3)C2)cc1. The lowest BCUT2D eigenvalue weighted by molar-refractivity contribution is -0.119. The number of primary amides is 1. The van der Waals surface area contributed by atoms with Gasteiger partial charge in [0.15, 0.2) is 6.61 Å². The van der Waals surface area contributed by atoms with Crippen LogP contribution in [0.1, 0.15) is 22.3 Å². The van der Waals surface area contributed by atoms with Crippen molar-refractivity contribution in [2.75, 3.05) is 26.3 Å². The maximum absolute atomic E-state index is 12.6. The van der Waals surface area contributed by atoms with E-state index in [0.717, 1.165) is 18.5 Å². The Balaban J connectivity index is 1.45. The highest BCUT2D eigenvalue weighted by atomic mass is 16.5. The lowest BCUT2D eigenvalue weighted by Gasteiger charge is -2.17. The molecular weight excluding hydrogens is 344 g/mol. The van der Waals surface area contributed by atoms with Gasteiger partial charge >= 0.3 is 0 Å². The highest BCUT2D eigenvalue weighted by Crippen LogP contribution is 2.21. The zero-order valence-corrected chi connectivity index (χ0v) is 15.2. The van der Waals surface area contributed by atoms with Crippen molar-refractivity contribution >= 4 is 11.8 Å². The monoisotopic (exact) mass is 368 g/mol. The van der Waals surface area contributed by atoms with Crippen LogP contribution < -0.4 is 10.5 Å². The minimum atomic E-state index is -0.534. The Hall–Kier alpha value is -2.86. The van der Waals surface area contributed by atoms with Crippen molar-refractivity contribution in [1.82, 2.24) is 4.90 Å². The summed E-state index contributed by atoms with van der Waals surface area (Å²) in [5.74, 6) is 0.338. The summed E-state index contributed by atoms with van der Waals surface area (Å²) < 4.78 is 11.0. The molecule has 0 radical (unpaired) electrons. The molecule has 1 atom stereocenters. The van der Waals surface area contributed by atoms with E-state index in [4.69, 9.17) is 15.2 Å². The molecule has 0 bridgehead atoms. The van der Waals surface area contributed by atoms with Crippen LogP contribution in [0.4, 0.5) is 0 Å². The molecule has 2 aromatic rings. The molecule has 1 aliphatic rings. The number of nitrogens with two attached hydrogens (primary N) is 1. The number of amides is 2. The number of rotatable bonds is 8. The van der Waals surface area contributed by atoms with E-state index >= 15 is 0 Å². The fourth-order valence-electron chi connectivity index (χ4n) is 3.10. The molecule has 27 heavy (non-hydrogen) atoms. The first-order valence-corrected chi connectivity index (χ1v) is 9.04. The summed E-state index contributed by atoms with van der Waals surface area (Å²) in [7, 11) is 0.